The molecule has 0 radical (unpaired) electrons. The number of rotatable bonds is 2. The van der Waals surface area contributed by atoms with Gasteiger partial charge in [-0.2, -0.15) is 0 Å². The van der Waals surface area contributed by atoms with Gasteiger partial charge >= 0.3 is 0 Å². The van der Waals surface area contributed by atoms with Crippen molar-refractivity contribution >= 4 is 17.7 Å². The summed E-state index contributed by atoms with van der Waals surface area (Å²) in [5.41, 5.74) is 0. The first-order valence-corrected chi connectivity index (χ1v) is 7.84. The summed E-state index contributed by atoms with van der Waals surface area (Å²) in [5.74, 6) is 2.05. The topological polar surface area (TPSA) is 44.4 Å². The summed E-state index contributed by atoms with van der Waals surface area (Å²) in [6, 6.07) is 1.19. The van der Waals surface area contributed by atoms with E-state index in [0.717, 1.165) is 30.5 Å². The average molecular weight is 255 g/mol. The van der Waals surface area contributed by atoms with Gasteiger partial charge in [0, 0.05) is 30.3 Å². The zero-order valence-electron chi connectivity index (χ0n) is 10.2. The lowest BCUT2D eigenvalue weighted by Crippen LogP contribution is -2.51. The Balaban J connectivity index is 1.50. The van der Waals surface area contributed by atoms with Gasteiger partial charge in [-0.15, -0.1) is 11.8 Å². The fraction of sp³-hybridized carbons (Fsp3) is 0.917. The summed E-state index contributed by atoms with van der Waals surface area (Å²) in [6.07, 6.45) is 4.95. The van der Waals surface area contributed by atoms with Crippen molar-refractivity contribution in [2.75, 3.05) is 24.7 Å². The minimum absolute atomic E-state index is 0.0432. The summed E-state index contributed by atoms with van der Waals surface area (Å²) in [7, 11) is 0. The molecule has 4 nitrogen and oxygen atoms in total. The molecule has 3 rings (SSSR count). The smallest absolute Gasteiger partial charge is 0.238 e. The number of hydrogen-bond donors (Lipinski definition) is 2. The van der Waals surface area contributed by atoms with Crippen molar-refractivity contribution in [1.82, 2.24) is 15.5 Å². The number of carbonyl (C=O) groups excluding carboxylic acids is 1. The monoisotopic (exact) mass is 255 g/mol. The molecule has 3 unspecified atom stereocenters. The summed E-state index contributed by atoms with van der Waals surface area (Å²) >= 11 is 1.81. The molecule has 3 aliphatic rings. The Bertz CT molecular complexity index is 293. The van der Waals surface area contributed by atoms with Crippen molar-refractivity contribution in [3.8, 4) is 0 Å². The van der Waals surface area contributed by atoms with E-state index in [2.05, 4.69) is 15.5 Å². The summed E-state index contributed by atoms with van der Waals surface area (Å²) < 4.78 is 0. The molecule has 0 aromatic carbocycles. The fourth-order valence-electron chi connectivity index (χ4n) is 3.22. The molecule has 3 heterocycles. The van der Waals surface area contributed by atoms with Crippen LogP contribution in [-0.4, -0.2) is 53.7 Å². The highest BCUT2D eigenvalue weighted by Crippen LogP contribution is 2.26. The Labute approximate surface area is 107 Å². The molecule has 17 heavy (non-hydrogen) atoms. The van der Waals surface area contributed by atoms with Gasteiger partial charge in [-0.1, -0.05) is 0 Å². The summed E-state index contributed by atoms with van der Waals surface area (Å²) in [6.45, 7) is 2.44. The Kier molecular flexibility index (Phi) is 3.59. The van der Waals surface area contributed by atoms with Gasteiger partial charge in [0.1, 0.15) is 0 Å². The van der Waals surface area contributed by atoms with Crippen LogP contribution in [0.1, 0.15) is 25.7 Å². The molecule has 1 amide bonds. The lowest BCUT2D eigenvalue weighted by molar-refractivity contribution is -0.123. The van der Waals surface area contributed by atoms with Crippen LogP contribution in [0, 0.1) is 0 Å². The van der Waals surface area contributed by atoms with Gasteiger partial charge in [0.25, 0.3) is 0 Å². The molecular weight excluding hydrogens is 234 g/mol. The van der Waals surface area contributed by atoms with Gasteiger partial charge in [0.15, 0.2) is 0 Å². The maximum Gasteiger partial charge on any atom is 0.238 e. The second-order valence-electron chi connectivity index (χ2n) is 5.33. The molecule has 3 aliphatic heterocycles. The number of nitrogens with one attached hydrogen (secondary N) is 2. The molecule has 0 aliphatic carbocycles. The van der Waals surface area contributed by atoms with Gasteiger partial charge < -0.3 is 10.2 Å². The standard InChI is InChI=1S/C12H21N3OS/c16-12(11-7-17-8-13-11)14-9-3-5-15-4-1-2-10(15)6-9/h9-11,13H,1-8H2,(H,14,16). The lowest BCUT2D eigenvalue weighted by Gasteiger charge is -2.35. The van der Waals surface area contributed by atoms with E-state index >= 15 is 0 Å². The molecule has 0 aromatic rings. The van der Waals surface area contributed by atoms with E-state index in [1.165, 1.54) is 25.9 Å². The van der Waals surface area contributed by atoms with E-state index < -0.39 is 0 Å². The first-order chi connectivity index (χ1) is 8.33. The molecule has 2 N–H and O–H groups in total. The van der Waals surface area contributed by atoms with E-state index in [1.807, 2.05) is 11.8 Å². The van der Waals surface area contributed by atoms with E-state index in [4.69, 9.17) is 0 Å². The molecule has 0 bridgehead atoms. The van der Waals surface area contributed by atoms with Crippen LogP contribution in [0.5, 0.6) is 0 Å². The predicted octanol–water partition coefficient (Wildman–Crippen LogP) is 0.392. The van der Waals surface area contributed by atoms with Crippen LogP contribution in [0.25, 0.3) is 0 Å². The van der Waals surface area contributed by atoms with Crippen molar-refractivity contribution in [3.63, 3.8) is 0 Å². The average Bonchev–Trinajstić information content (AvgIpc) is 2.99. The van der Waals surface area contributed by atoms with E-state index in [0.29, 0.717) is 6.04 Å². The number of hydrogen-bond acceptors (Lipinski definition) is 4. The van der Waals surface area contributed by atoms with Gasteiger partial charge in [-0.05, 0) is 32.2 Å². The number of fused-ring (bicyclic) bond motifs is 1. The predicted molar refractivity (Wildman–Crippen MR) is 70.0 cm³/mol. The zero-order valence-corrected chi connectivity index (χ0v) is 11.0. The van der Waals surface area contributed by atoms with Gasteiger partial charge in [0.05, 0.1) is 6.04 Å². The maximum absolute atomic E-state index is 12.0. The lowest BCUT2D eigenvalue weighted by atomic mass is 9.97. The highest BCUT2D eigenvalue weighted by Gasteiger charge is 2.33. The molecule has 3 saturated heterocycles. The number of thioether (sulfide) groups is 1. The van der Waals surface area contributed by atoms with Crippen LogP contribution in [0.4, 0.5) is 0 Å². The summed E-state index contributed by atoms with van der Waals surface area (Å²) in [4.78, 5) is 14.6. The first-order valence-electron chi connectivity index (χ1n) is 6.68. The van der Waals surface area contributed by atoms with E-state index in [-0.39, 0.29) is 11.9 Å². The highest BCUT2D eigenvalue weighted by atomic mass is 32.2. The zero-order chi connectivity index (χ0) is 11.7. The number of piperidine rings is 1. The SMILES string of the molecule is O=C(NC1CCN2CCCC2C1)C1CSCN1. The Morgan fingerprint density at radius 3 is 3.12 bits per heavy atom. The molecule has 3 fully saturated rings. The minimum Gasteiger partial charge on any atom is -0.352 e. The van der Waals surface area contributed by atoms with Crippen LogP contribution in [-0.2, 0) is 4.79 Å². The van der Waals surface area contributed by atoms with Crippen LogP contribution in [0.3, 0.4) is 0 Å². The quantitative estimate of drug-likeness (QED) is 0.749. The molecule has 0 spiro atoms. The normalized spacial score (nSPS) is 38.0. The van der Waals surface area contributed by atoms with Crippen LogP contribution < -0.4 is 10.6 Å². The highest BCUT2D eigenvalue weighted by molar-refractivity contribution is 7.99. The minimum atomic E-state index is 0.0432. The number of amides is 1. The second-order valence-corrected chi connectivity index (χ2v) is 6.36. The van der Waals surface area contributed by atoms with Crippen molar-refractivity contribution in [2.45, 2.75) is 43.8 Å². The molecule has 0 saturated carbocycles. The van der Waals surface area contributed by atoms with E-state index in [1.54, 1.807) is 0 Å². The third kappa shape index (κ3) is 2.61. The van der Waals surface area contributed by atoms with Crippen molar-refractivity contribution in [2.24, 2.45) is 0 Å². The van der Waals surface area contributed by atoms with Crippen LogP contribution >= 0.6 is 11.8 Å². The molecule has 0 aromatic heterocycles. The molecule has 5 heteroatoms. The Morgan fingerprint density at radius 2 is 2.29 bits per heavy atom. The Morgan fingerprint density at radius 1 is 1.35 bits per heavy atom. The first kappa shape index (κ1) is 11.8. The number of nitrogens with zero attached hydrogens (tertiary/aromatic N) is 1. The summed E-state index contributed by atoms with van der Waals surface area (Å²) in [5, 5.41) is 6.46. The van der Waals surface area contributed by atoms with Gasteiger partial charge in [-0.25, -0.2) is 0 Å². The largest absolute Gasteiger partial charge is 0.352 e. The molecule has 96 valence electrons. The van der Waals surface area contributed by atoms with Crippen LogP contribution in [0.15, 0.2) is 0 Å². The van der Waals surface area contributed by atoms with Crippen LogP contribution in [0.2, 0.25) is 0 Å². The fourth-order valence-corrected chi connectivity index (χ4v) is 4.16. The van der Waals surface area contributed by atoms with Crippen molar-refractivity contribution < 1.29 is 4.79 Å². The molecule has 3 atom stereocenters. The van der Waals surface area contributed by atoms with Gasteiger partial charge in [0.2, 0.25) is 5.91 Å². The third-order valence-electron chi connectivity index (χ3n) is 4.20. The molecular formula is C12H21N3OS. The van der Waals surface area contributed by atoms with E-state index in [9.17, 15) is 4.79 Å². The number of carbonyl (C=O) groups is 1. The maximum atomic E-state index is 12.0. The van der Waals surface area contributed by atoms with Crippen molar-refractivity contribution in [3.05, 3.63) is 0 Å². The van der Waals surface area contributed by atoms with Crippen molar-refractivity contribution in [1.29, 1.82) is 0 Å². The Hall–Kier alpha value is -0.260. The third-order valence-corrected chi connectivity index (χ3v) is 5.14. The second kappa shape index (κ2) is 5.16. The van der Waals surface area contributed by atoms with Gasteiger partial charge in [-0.3, -0.25) is 10.1 Å².